The summed E-state index contributed by atoms with van der Waals surface area (Å²) in [6.07, 6.45) is -13.6. The minimum atomic E-state index is -4.92. The Morgan fingerprint density at radius 2 is 1.75 bits per heavy atom. The first-order valence-electron chi connectivity index (χ1n) is 11.7. The van der Waals surface area contributed by atoms with E-state index in [0.29, 0.717) is 5.56 Å². The summed E-state index contributed by atoms with van der Waals surface area (Å²) >= 11 is 0. The van der Waals surface area contributed by atoms with Crippen LogP contribution in [0.15, 0.2) is 52.8 Å². The van der Waals surface area contributed by atoms with Crippen LogP contribution < -0.4 is 4.74 Å². The lowest BCUT2D eigenvalue weighted by Crippen LogP contribution is -2.60. The van der Waals surface area contributed by atoms with Gasteiger partial charge in [0, 0.05) is 11.1 Å². The minimum Gasteiger partial charge on any atom is -0.476 e. The topological polar surface area (TPSA) is 180 Å². The zero-order valence-corrected chi connectivity index (χ0v) is 21.1. The number of nitrogens with zero attached hydrogens (tertiary/aromatic N) is 2. The molecule has 0 unspecified atom stereocenters. The van der Waals surface area contributed by atoms with Gasteiger partial charge in [-0.05, 0) is 30.7 Å². The van der Waals surface area contributed by atoms with Crippen molar-refractivity contribution in [2.24, 2.45) is 10.3 Å². The highest BCUT2D eigenvalue weighted by molar-refractivity contribution is 6.42. The first-order chi connectivity index (χ1) is 18.9. The van der Waals surface area contributed by atoms with E-state index < -0.39 is 60.8 Å². The molecule has 0 aromatic heterocycles. The molecule has 3 rings (SSSR count). The average molecular weight is 572 g/mol. The molecule has 0 amide bonds. The maximum absolute atomic E-state index is 13.9. The Hall–Kier alpha value is -3.76. The zero-order chi connectivity index (χ0) is 29.6. The van der Waals surface area contributed by atoms with Crippen LogP contribution in [-0.4, -0.2) is 87.3 Å². The largest absolute Gasteiger partial charge is 0.476 e. The number of rotatable bonds is 10. The number of carboxylic acid groups (broad SMARTS) is 1. The van der Waals surface area contributed by atoms with Gasteiger partial charge < -0.3 is 44.7 Å². The molecule has 0 spiro atoms. The van der Waals surface area contributed by atoms with Crippen molar-refractivity contribution in [3.8, 4) is 5.75 Å². The van der Waals surface area contributed by atoms with Crippen LogP contribution in [-0.2, 0) is 32.0 Å². The second-order valence-corrected chi connectivity index (χ2v) is 8.56. The number of hydrogen-bond donors (Lipinski definition) is 5. The molecule has 0 radical (unpaired) electrons. The first kappa shape index (κ1) is 30.8. The number of oxime groups is 2. The average Bonchev–Trinajstić information content (AvgIpc) is 2.91. The second-order valence-electron chi connectivity index (χ2n) is 8.56. The third kappa shape index (κ3) is 7.05. The van der Waals surface area contributed by atoms with Gasteiger partial charge in [0.2, 0.25) is 6.29 Å². The Morgan fingerprint density at radius 3 is 2.38 bits per heavy atom. The molecule has 1 fully saturated rings. The van der Waals surface area contributed by atoms with Gasteiger partial charge in [-0.15, -0.1) is 0 Å². The molecule has 5 atom stereocenters. The molecule has 40 heavy (non-hydrogen) atoms. The Morgan fingerprint density at radius 1 is 1.05 bits per heavy atom. The molecule has 1 heterocycles. The van der Waals surface area contributed by atoms with Gasteiger partial charge in [0.25, 0.3) is 0 Å². The number of carbonyl (C=O) groups is 1. The summed E-state index contributed by atoms with van der Waals surface area (Å²) in [7, 11) is 1.19. The molecule has 0 aliphatic carbocycles. The molecule has 0 bridgehead atoms. The first-order valence-corrected chi connectivity index (χ1v) is 11.7. The summed E-state index contributed by atoms with van der Waals surface area (Å²) in [6, 6.07) is 9.14. The molecule has 0 saturated carbocycles. The lowest BCUT2D eigenvalue weighted by atomic mass is 9.99. The van der Waals surface area contributed by atoms with Crippen LogP contribution in [0.5, 0.6) is 5.75 Å². The van der Waals surface area contributed by atoms with Crippen LogP contribution in [0.4, 0.5) is 13.2 Å². The van der Waals surface area contributed by atoms with E-state index >= 15 is 0 Å². The van der Waals surface area contributed by atoms with Crippen LogP contribution in [0.2, 0.25) is 0 Å². The third-order valence-electron chi connectivity index (χ3n) is 5.87. The van der Waals surface area contributed by atoms with Gasteiger partial charge in [-0.2, -0.15) is 13.2 Å². The van der Waals surface area contributed by atoms with E-state index in [-0.39, 0.29) is 29.2 Å². The van der Waals surface area contributed by atoms with E-state index in [1.807, 2.05) is 0 Å². The summed E-state index contributed by atoms with van der Waals surface area (Å²) in [5.41, 5.74) is -1.05. The number of aliphatic carboxylic acids is 1. The number of benzene rings is 2. The van der Waals surface area contributed by atoms with Crippen molar-refractivity contribution in [1.29, 1.82) is 0 Å². The van der Waals surface area contributed by atoms with Crippen molar-refractivity contribution in [3.05, 3.63) is 64.7 Å². The standard InChI is InChI=1S/C25H27F3N2O10/c1-12(29-38-11-14-5-3-4-6-15(14)19(23(35)36)30-37-2)13-7-8-17(16(9-13)25(26,27)28)39-24-22(34)21(33)20(32)18(10-31)40-24/h3-9,18,20-22,24,31-34H,10-11H2,1-2H3,(H,35,36)/b29-12-,30-19+/t18-,20+,21-,22-,24-/m1/s1. The summed E-state index contributed by atoms with van der Waals surface area (Å²) < 4.78 is 52.0. The number of halogens is 3. The Kier molecular flexibility index (Phi) is 10.1. The zero-order valence-electron chi connectivity index (χ0n) is 21.1. The second kappa shape index (κ2) is 13.1. The number of hydrogen-bond acceptors (Lipinski definition) is 11. The number of carboxylic acids is 1. The van der Waals surface area contributed by atoms with Gasteiger partial charge in [0.15, 0.2) is 5.71 Å². The molecule has 1 aliphatic rings. The van der Waals surface area contributed by atoms with Gasteiger partial charge in [0.1, 0.15) is 43.9 Å². The monoisotopic (exact) mass is 572 g/mol. The van der Waals surface area contributed by atoms with Crippen LogP contribution in [0.1, 0.15) is 29.2 Å². The van der Waals surface area contributed by atoms with Crippen molar-refractivity contribution in [3.63, 3.8) is 0 Å². The summed E-state index contributed by atoms with van der Waals surface area (Å²) in [4.78, 5) is 21.4. The maximum Gasteiger partial charge on any atom is 0.419 e. The van der Waals surface area contributed by atoms with Crippen molar-refractivity contribution in [2.45, 2.75) is 50.4 Å². The Bertz CT molecular complexity index is 1250. The van der Waals surface area contributed by atoms with E-state index in [1.165, 1.54) is 26.2 Å². The SMILES string of the molecule is CO/N=C(/C(=O)O)c1ccccc1CO/N=C(/C)c1ccc(O[C@@H]2O[C@H](CO)[C@H](O)[C@@H](O)[C@H]2O)c(C(F)(F)F)c1. The van der Waals surface area contributed by atoms with Gasteiger partial charge in [-0.1, -0.05) is 34.6 Å². The van der Waals surface area contributed by atoms with Crippen molar-refractivity contribution in [1.82, 2.24) is 0 Å². The van der Waals surface area contributed by atoms with Crippen LogP contribution in [0.3, 0.4) is 0 Å². The number of aliphatic hydroxyl groups is 4. The highest BCUT2D eigenvalue weighted by atomic mass is 19.4. The lowest BCUT2D eigenvalue weighted by Gasteiger charge is -2.39. The van der Waals surface area contributed by atoms with Gasteiger partial charge in [-0.25, -0.2) is 4.79 Å². The highest BCUT2D eigenvalue weighted by Crippen LogP contribution is 2.38. The van der Waals surface area contributed by atoms with Crippen LogP contribution in [0.25, 0.3) is 0 Å². The van der Waals surface area contributed by atoms with E-state index in [0.717, 1.165) is 12.1 Å². The molecule has 2 aromatic rings. The molecular weight excluding hydrogens is 545 g/mol. The van der Waals surface area contributed by atoms with Gasteiger partial charge in [-0.3, -0.25) is 0 Å². The minimum absolute atomic E-state index is 0.00562. The van der Waals surface area contributed by atoms with E-state index in [4.69, 9.17) is 14.3 Å². The molecular formula is C25H27F3N2O10. The summed E-state index contributed by atoms with van der Waals surface area (Å²) in [5.74, 6) is -2.10. The van der Waals surface area contributed by atoms with E-state index in [1.54, 1.807) is 18.2 Å². The van der Waals surface area contributed by atoms with E-state index in [2.05, 4.69) is 15.1 Å². The molecule has 5 N–H and O–H groups in total. The van der Waals surface area contributed by atoms with Crippen molar-refractivity contribution < 1.29 is 62.6 Å². The summed E-state index contributed by atoms with van der Waals surface area (Å²) in [5, 5.41) is 55.9. The normalized spacial score (nSPS) is 24.0. The highest BCUT2D eigenvalue weighted by Gasteiger charge is 2.45. The number of ether oxygens (including phenoxy) is 2. The fraction of sp³-hybridized carbons (Fsp3) is 0.400. The third-order valence-corrected chi connectivity index (χ3v) is 5.87. The van der Waals surface area contributed by atoms with Gasteiger partial charge in [0.05, 0.1) is 17.9 Å². The predicted octanol–water partition coefficient (Wildman–Crippen LogP) is 1.26. The number of aliphatic hydroxyl groups excluding tert-OH is 4. The Labute approximate surface area is 225 Å². The fourth-order valence-corrected chi connectivity index (χ4v) is 3.79. The number of alkyl halides is 3. The molecule has 15 heteroatoms. The van der Waals surface area contributed by atoms with Crippen LogP contribution >= 0.6 is 0 Å². The molecule has 1 saturated heterocycles. The molecule has 12 nitrogen and oxygen atoms in total. The van der Waals surface area contributed by atoms with Crippen LogP contribution in [0, 0.1) is 0 Å². The fourth-order valence-electron chi connectivity index (χ4n) is 3.79. The smallest absolute Gasteiger partial charge is 0.419 e. The molecule has 1 aliphatic heterocycles. The maximum atomic E-state index is 13.9. The molecule has 218 valence electrons. The van der Waals surface area contributed by atoms with Crippen molar-refractivity contribution >= 4 is 17.4 Å². The molecule has 2 aromatic carbocycles. The van der Waals surface area contributed by atoms with E-state index in [9.17, 15) is 43.5 Å². The van der Waals surface area contributed by atoms with Crippen molar-refractivity contribution in [2.75, 3.05) is 13.7 Å². The van der Waals surface area contributed by atoms with Gasteiger partial charge >= 0.3 is 12.1 Å². The predicted molar refractivity (Wildman–Crippen MR) is 130 cm³/mol. The quantitative estimate of drug-likeness (QED) is 0.206. The summed E-state index contributed by atoms with van der Waals surface area (Å²) in [6.45, 7) is 0.356. The lowest BCUT2D eigenvalue weighted by molar-refractivity contribution is -0.278. The Balaban J connectivity index is 1.82.